The van der Waals surface area contributed by atoms with Crippen LogP contribution in [0.5, 0.6) is 5.75 Å². The molecule has 0 radical (unpaired) electrons. The Morgan fingerprint density at radius 1 is 1.41 bits per heavy atom. The van der Waals surface area contributed by atoms with E-state index < -0.39 is 12.1 Å². The Labute approximate surface area is 126 Å². The van der Waals surface area contributed by atoms with Crippen molar-refractivity contribution < 1.29 is 19.7 Å². The summed E-state index contributed by atoms with van der Waals surface area (Å²) in [5, 5.41) is 31.9. The molecule has 0 saturated carbocycles. The summed E-state index contributed by atoms with van der Waals surface area (Å²) in [5.41, 5.74) is 0.901. The van der Waals surface area contributed by atoms with Crippen molar-refractivity contribution in [2.75, 3.05) is 13.7 Å². The van der Waals surface area contributed by atoms with Crippen LogP contribution in [-0.4, -0.2) is 50.2 Å². The molecule has 9 nitrogen and oxygen atoms in total. The molecule has 0 spiro atoms. The Kier molecular flexibility index (Phi) is 5.26. The molecule has 0 aliphatic heterocycles. The molecular formula is C13H17N5O4. The Morgan fingerprint density at radius 2 is 2.14 bits per heavy atom. The quantitative estimate of drug-likeness (QED) is 0.669. The van der Waals surface area contributed by atoms with Gasteiger partial charge in [0, 0.05) is 6.42 Å². The molecule has 3 N–H and O–H groups in total. The van der Waals surface area contributed by atoms with Gasteiger partial charge >= 0.3 is 6.09 Å². The maximum atomic E-state index is 11.0. The molecule has 1 aromatic heterocycles. The molecule has 1 unspecified atom stereocenters. The van der Waals surface area contributed by atoms with E-state index in [0.717, 1.165) is 11.3 Å². The van der Waals surface area contributed by atoms with Gasteiger partial charge in [0.15, 0.2) is 5.82 Å². The number of aliphatic hydroxyl groups excluding tert-OH is 1. The first-order chi connectivity index (χ1) is 10.6. The lowest BCUT2D eigenvalue weighted by Gasteiger charge is -2.13. The molecule has 0 bridgehead atoms. The zero-order valence-electron chi connectivity index (χ0n) is 12.0. The lowest BCUT2D eigenvalue weighted by Crippen LogP contribution is -2.29. The van der Waals surface area contributed by atoms with Crippen molar-refractivity contribution in [1.82, 2.24) is 25.5 Å². The number of amides is 1. The highest BCUT2D eigenvalue weighted by Crippen LogP contribution is 2.17. The van der Waals surface area contributed by atoms with E-state index in [1.54, 1.807) is 19.2 Å². The summed E-state index contributed by atoms with van der Waals surface area (Å²) < 4.78 is 5.08. The molecule has 0 fully saturated rings. The fraction of sp³-hybridized carbons (Fsp3) is 0.385. The molecule has 1 amide bonds. The first-order valence-electron chi connectivity index (χ1n) is 6.63. The molecule has 22 heavy (non-hydrogen) atoms. The van der Waals surface area contributed by atoms with E-state index in [1.807, 2.05) is 12.1 Å². The van der Waals surface area contributed by atoms with E-state index >= 15 is 0 Å². The summed E-state index contributed by atoms with van der Waals surface area (Å²) in [7, 11) is 1.58. The van der Waals surface area contributed by atoms with Gasteiger partial charge in [0.05, 0.1) is 20.3 Å². The van der Waals surface area contributed by atoms with E-state index in [0.29, 0.717) is 6.42 Å². The summed E-state index contributed by atoms with van der Waals surface area (Å²) >= 11 is 0. The monoisotopic (exact) mass is 307 g/mol. The summed E-state index contributed by atoms with van der Waals surface area (Å²) in [4.78, 5) is 12.2. The van der Waals surface area contributed by atoms with Crippen LogP contribution in [0.1, 0.15) is 17.4 Å². The van der Waals surface area contributed by atoms with E-state index in [2.05, 4.69) is 20.7 Å². The molecule has 1 heterocycles. The van der Waals surface area contributed by atoms with E-state index in [4.69, 9.17) is 14.9 Å². The smallest absolute Gasteiger partial charge is 0.405 e. The number of carboxylic acid groups (broad SMARTS) is 1. The van der Waals surface area contributed by atoms with Gasteiger partial charge < -0.3 is 20.3 Å². The number of aliphatic hydroxyl groups is 1. The Morgan fingerprint density at radius 3 is 2.73 bits per heavy atom. The van der Waals surface area contributed by atoms with Crippen LogP contribution in [0.25, 0.3) is 0 Å². The van der Waals surface area contributed by atoms with Crippen LogP contribution in [0.2, 0.25) is 0 Å². The molecule has 0 saturated heterocycles. The van der Waals surface area contributed by atoms with Crippen molar-refractivity contribution >= 4 is 6.09 Å². The van der Waals surface area contributed by atoms with Gasteiger partial charge in [0.1, 0.15) is 11.8 Å². The van der Waals surface area contributed by atoms with Crippen LogP contribution < -0.4 is 10.1 Å². The topological polar surface area (TPSA) is 122 Å². The summed E-state index contributed by atoms with van der Waals surface area (Å²) in [6.45, 7) is 0.0840. The fourth-order valence-electron chi connectivity index (χ4n) is 1.93. The number of hydrogen-bond donors (Lipinski definition) is 3. The van der Waals surface area contributed by atoms with Gasteiger partial charge in [-0.3, -0.25) is 0 Å². The third kappa shape index (κ3) is 4.16. The number of rotatable bonds is 7. The van der Waals surface area contributed by atoms with Gasteiger partial charge in [-0.1, -0.05) is 12.1 Å². The van der Waals surface area contributed by atoms with Crippen LogP contribution in [-0.2, 0) is 13.0 Å². The van der Waals surface area contributed by atoms with Gasteiger partial charge in [-0.2, -0.15) is 4.80 Å². The number of benzene rings is 1. The predicted molar refractivity (Wildman–Crippen MR) is 75.5 cm³/mol. The van der Waals surface area contributed by atoms with E-state index in [1.165, 1.54) is 4.80 Å². The maximum Gasteiger partial charge on any atom is 0.405 e. The minimum Gasteiger partial charge on any atom is -0.497 e. The van der Waals surface area contributed by atoms with Gasteiger partial charge in [0.25, 0.3) is 0 Å². The third-order valence-corrected chi connectivity index (χ3v) is 2.98. The number of nitrogens with one attached hydrogen (secondary N) is 1. The Hall–Kier alpha value is -2.68. The minimum atomic E-state index is -1.17. The van der Waals surface area contributed by atoms with Gasteiger partial charge in [0.2, 0.25) is 0 Å². The summed E-state index contributed by atoms with van der Waals surface area (Å²) in [5.74, 6) is 0.977. The van der Waals surface area contributed by atoms with Crippen LogP contribution in [0, 0.1) is 0 Å². The van der Waals surface area contributed by atoms with E-state index in [-0.39, 0.29) is 19.0 Å². The highest BCUT2D eigenvalue weighted by molar-refractivity contribution is 5.65. The average molecular weight is 307 g/mol. The van der Waals surface area contributed by atoms with Gasteiger partial charge in [-0.05, 0) is 22.9 Å². The zero-order valence-corrected chi connectivity index (χ0v) is 12.0. The summed E-state index contributed by atoms with van der Waals surface area (Å²) in [6, 6.07) is 6.64. The molecular weight excluding hydrogens is 290 g/mol. The first-order valence-corrected chi connectivity index (χ1v) is 6.63. The molecule has 118 valence electrons. The van der Waals surface area contributed by atoms with Gasteiger partial charge in [-0.25, -0.2) is 4.79 Å². The number of aromatic nitrogens is 4. The van der Waals surface area contributed by atoms with Crippen LogP contribution in [0.4, 0.5) is 4.79 Å². The zero-order chi connectivity index (χ0) is 15.9. The second-order valence-electron chi connectivity index (χ2n) is 4.52. The second-order valence-corrected chi connectivity index (χ2v) is 4.52. The molecule has 0 aliphatic carbocycles. The highest BCUT2D eigenvalue weighted by atomic mass is 16.5. The fourth-order valence-corrected chi connectivity index (χ4v) is 1.93. The van der Waals surface area contributed by atoms with Crippen molar-refractivity contribution in [3.63, 3.8) is 0 Å². The minimum absolute atomic E-state index is 0.120. The van der Waals surface area contributed by atoms with Crippen molar-refractivity contribution in [3.8, 4) is 5.75 Å². The lowest BCUT2D eigenvalue weighted by molar-refractivity contribution is 0.189. The maximum absolute atomic E-state index is 11.0. The van der Waals surface area contributed by atoms with Crippen molar-refractivity contribution in [2.24, 2.45) is 0 Å². The second kappa shape index (κ2) is 7.36. The number of carbonyl (C=O) groups is 1. The molecule has 0 aliphatic rings. The number of methoxy groups -OCH3 is 1. The Bertz CT molecular complexity index is 613. The van der Waals surface area contributed by atoms with Crippen molar-refractivity contribution in [2.45, 2.75) is 19.0 Å². The molecule has 1 atom stereocenters. The Balaban J connectivity index is 2.15. The van der Waals surface area contributed by atoms with Crippen LogP contribution in [0.15, 0.2) is 24.3 Å². The van der Waals surface area contributed by atoms with Crippen LogP contribution >= 0.6 is 0 Å². The molecule has 9 heteroatoms. The SMILES string of the molecule is COc1ccc(CC(NC(=O)O)c2nnn(CCO)n2)cc1. The van der Waals surface area contributed by atoms with Gasteiger partial charge in [-0.15, -0.1) is 10.2 Å². The molecule has 1 aromatic carbocycles. The number of nitrogens with zero attached hydrogens (tertiary/aromatic N) is 4. The number of ether oxygens (including phenoxy) is 1. The average Bonchev–Trinajstić information content (AvgIpc) is 2.96. The molecule has 2 rings (SSSR count). The number of tetrazole rings is 1. The lowest BCUT2D eigenvalue weighted by atomic mass is 10.1. The predicted octanol–water partition coefficient (Wildman–Crippen LogP) is 0.225. The third-order valence-electron chi connectivity index (χ3n) is 2.98. The van der Waals surface area contributed by atoms with Crippen molar-refractivity contribution in [1.29, 1.82) is 0 Å². The largest absolute Gasteiger partial charge is 0.497 e. The molecule has 2 aromatic rings. The van der Waals surface area contributed by atoms with Crippen LogP contribution in [0.3, 0.4) is 0 Å². The highest BCUT2D eigenvalue weighted by Gasteiger charge is 2.20. The summed E-state index contributed by atoms with van der Waals surface area (Å²) in [6.07, 6.45) is -0.793. The first kappa shape index (κ1) is 15.7. The van der Waals surface area contributed by atoms with Crippen molar-refractivity contribution in [3.05, 3.63) is 35.7 Å². The normalized spacial score (nSPS) is 11.9. The standard InChI is InChI=1S/C13H17N5O4/c1-22-10-4-2-9(3-5-10)8-11(14-13(20)21)12-15-17-18(16-12)6-7-19/h2-5,11,14,19H,6-8H2,1H3,(H,20,21). The van der Waals surface area contributed by atoms with E-state index in [9.17, 15) is 4.79 Å². The number of hydrogen-bond acceptors (Lipinski definition) is 6.